The summed E-state index contributed by atoms with van der Waals surface area (Å²) in [7, 11) is 1.42. The Balaban J connectivity index is 2.03. The fraction of sp³-hybridized carbons (Fsp3) is 0.471. The van der Waals surface area contributed by atoms with E-state index in [0.717, 1.165) is 25.9 Å². The highest BCUT2D eigenvalue weighted by atomic mass is 16.5. The molecular weight excluding hydrogens is 324 g/mol. The van der Waals surface area contributed by atoms with Crippen molar-refractivity contribution in [2.45, 2.75) is 32.4 Å². The molecule has 0 saturated carbocycles. The molecule has 2 aromatic heterocycles. The maximum Gasteiger partial charge on any atom is 0.271 e. The number of amides is 1. The van der Waals surface area contributed by atoms with E-state index in [9.17, 15) is 14.4 Å². The van der Waals surface area contributed by atoms with E-state index in [2.05, 4.69) is 15.6 Å². The van der Waals surface area contributed by atoms with Crippen molar-refractivity contribution in [3.63, 3.8) is 0 Å². The number of hydrogen-bond donors (Lipinski definition) is 3. The average Bonchev–Trinajstić information content (AvgIpc) is 2.98. The van der Waals surface area contributed by atoms with Crippen molar-refractivity contribution in [2.24, 2.45) is 0 Å². The van der Waals surface area contributed by atoms with E-state index in [1.807, 2.05) is 0 Å². The summed E-state index contributed by atoms with van der Waals surface area (Å²) in [4.78, 5) is 39.2. The van der Waals surface area contributed by atoms with Crippen LogP contribution in [0.2, 0.25) is 0 Å². The Hall–Kier alpha value is -2.61. The molecule has 1 aliphatic rings. The SMILES string of the molecule is COc1c(C(=O)NC2CCNCC2)[nH]c2cc(C)n(CC=O)c(=O)c12. The van der Waals surface area contributed by atoms with E-state index in [-0.39, 0.29) is 40.9 Å². The molecule has 0 spiro atoms. The summed E-state index contributed by atoms with van der Waals surface area (Å²) in [6.07, 6.45) is 2.39. The number of carbonyl (C=O) groups is 2. The van der Waals surface area contributed by atoms with Gasteiger partial charge >= 0.3 is 0 Å². The second-order valence-electron chi connectivity index (χ2n) is 6.19. The van der Waals surface area contributed by atoms with Crippen LogP contribution in [0.1, 0.15) is 29.0 Å². The normalized spacial score (nSPS) is 15.3. The lowest BCUT2D eigenvalue weighted by Crippen LogP contribution is -2.42. The Morgan fingerprint density at radius 3 is 2.80 bits per heavy atom. The lowest BCUT2D eigenvalue weighted by Gasteiger charge is -2.23. The molecule has 134 valence electrons. The number of pyridine rings is 1. The van der Waals surface area contributed by atoms with Gasteiger partial charge in [0.25, 0.3) is 11.5 Å². The van der Waals surface area contributed by atoms with Gasteiger partial charge in [0.1, 0.15) is 17.4 Å². The third kappa shape index (κ3) is 3.17. The van der Waals surface area contributed by atoms with Gasteiger partial charge in [0, 0.05) is 11.7 Å². The third-order valence-corrected chi connectivity index (χ3v) is 4.58. The topological polar surface area (TPSA) is 105 Å². The summed E-state index contributed by atoms with van der Waals surface area (Å²) < 4.78 is 6.72. The molecule has 0 aliphatic carbocycles. The van der Waals surface area contributed by atoms with E-state index < -0.39 is 0 Å². The number of H-pyrrole nitrogens is 1. The summed E-state index contributed by atoms with van der Waals surface area (Å²) in [6.45, 7) is 3.44. The number of aldehydes is 1. The standard InChI is InChI=1S/C17H22N4O4/c1-10-9-12-13(17(24)21(10)7-8-22)15(25-2)14(20-12)16(23)19-11-3-5-18-6-4-11/h8-9,11,18,20H,3-7H2,1-2H3,(H,19,23). The number of fused-ring (bicyclic) bond motifs is 1. The number of piperidine rings is 1. The number of nitrogens with one attached hydrogen (secondary N) is 3. The first kappa shape index (κ1) is 17.2. The number of aryl methyl sites for hydroxylation is 1. The van der Waals surface area contributed by atoms with Crippen LogP contribution in [-0.2, 0) is 11.3 Å². The second-order valence-corrected chi connectivity index (χ2v) is 6.19. The molecule has 0 aromatic carbocycles. The van der Waals surface area contributed by atoms with Gasteiger partial charge in [0.15, 0.2) is 5.75 Å². The van der Waals surface area contributed by atoms with Gasteiger partial charge in [-0.3, -0.25) is 9.59 Å². The smallest absolute Gasteiger partial charge is 0.271 e. The first-order valence-electron chi connectivity index (χ1n) is 8.32. The number of aromatic amines is 1. The van der Waals surface area contributed by atoms with Crippen LogP contribution in [0.25, 0.3) is 10.9 Å². The summed E-state index contributed by atoms with van der Waals surface area (Å²) in [6, 6.07) is 1.84. The van der Waals surface area contributed by atoms with Crippen molar-refractivity contribution < 1.29 is 14.3 Å². The Labute approximate surface area is 144 Å². The molecule has 1 amide bonds. The lowest BCUT2D eigenvalue weighted by atomic mass is 10.1. The van der Waals surface area contributed by atoms with Crippen molar-refractivity contribution >= 4 is 23.1 Å². The molecule has 1 saturated heterocycles. The zero-order valence-corrected chi connectivity index (χ0v) is 14.3. The largest absolute Gasteiger partial charge is 0.493 e. The monoisotopic (exact) mass is 346 g/mol. The van der Waals surface area contributed by atoms with Crippen molar-refractivity contribution in [2.75, 3.05) is 20.2 Å². The fourth-order valence-electron chi connectivity index (χ4n) is 3.29. The maximum atomic E-state index is 12.7. The van der Waals surface area contributed by atoms with Gasteiger partial charge in [-0.2, -0.15) is 0 Å². The van der Waals surface area contributed by atoms with E-state index in [1.165, 1.54) is 11.7 Å². The number of methoxy groups -OCH3 is 1. The van der Waals surface area contributed by atoms with Gasteiger partial charge in [-0.05, 0) is 38.9 Å². The number of carbonyl (C=O) groups excluding carboxylic acids is 2. The van der Waals surface area contributed by atoms with Gasteiger partial charge in [-0.15, -0.1) is 0 Å². The molecule has 3 heterocycles. The van der Waals surface area contributed by atoms with Crippen molar-refractivity contribution in [1.29, 1.82) is 0 Å². The number of hydrogen-bond acceptors (Lipinski definition) is 5. The zero-order chi connectivity index (χ0) is 18.0. The minimum absolute atomic E-state index is 0.0362. The Morgan fingerprint density at radius 1 is 1.44 bits per heavy atom. The Kier molecular flexibility index (Phi) is 4.89. The summed E-state index contributed by atoms with van der Waals surface area (Å²) >= 11 is 0. The Bertz CT molecular complexity index is 862. The molecule has 1 aliphatic heterocycles. The quantitative estimate of drug-likeness (QED) is 0.677. The summed E-state index contributed by atoms with van der Waals surface area (Å²) in [5.74, 6) is -0.0787. The van der Waals surface area contributed by atoms with E-state index in [4.69, 9.17) is 4.74 Å². The highest BCUT2D eigenvalue weighted by molar-refractivity contribution is 6.03. The van der Waals surface area contributed by atoms with Crippen LogP contribution in [0.15, 0.2) is 10.9 Å². The molecule has 2 aromatic rings. The van der Waals surface area contributed by atoms with Crippen molar-refractivity contribution in [1.82, 2.24) is 20.2 Å². The molecule has 0 atom stereocenters. The number of nitrogens with zero attached hydrogens (tertiary/aromatic N) is 1. The van der Waals surface area contributed by atoms with Crippen molar-refractivity contribution in [3.05, 3.63) is 27.8 Å². The molecular formula is C17H22N4O4. The van der Waals surface area contributed by atoms with E-state index in [0.29, 0.717) is 17.5 Å². The van der Waals surface area contributed by atoms with Crippen LogP contribution in [0.3, 0.4) is 0 Å². The van der Waals surface area contributed by atoms with Crippen LogP contribution in [-0.4, -0.2) is 48.0 Å². The Morgan fingerprint density at radius 2 is 2.16 bits per heavy atom. The molecule has 8 heteroatoms. The molecule has 3 rings (SSSR count). The summed E-state index contributed by atoms with van der Waals surface area (Å²) in [5.41, 5.74) is 1.04. The van der Waals surface area contributed by atoms with E-state index in [1.54, 1.807) is 13.0 Å². The predicted octanol–water partition coefficient (Wildman–Crippen LogP) is 0.327. The number of aromatic nitrogens is 2. The first-order valence-corrected chi connectivity index (χ1v) is 8.32. The van der Waals surface area contributed by atoms with Gasteiger partial charge in [0.2, 0.25) is 0 Å². The highest BCUT2D eigenvalue weighted by Gasteiger charge is 2.24. The van der Waals surface area contributed by atoms with Gasteiger partial charge < -0.3 is 29.7 Å². The molecule has 0 unspecified atom stereocenters. The van der Waals surface area contributed by atoms with Crippen LogP contribution >= 0.6 is 0 Å². The molecule has 1 fully saturated rings. The molecule has 8 nitrogen and oxygen atoms in total. The van der Waals surface area contributed by atoms with Crippen LogP contribution < -0.4 is 20.9 Å². The average molecular weight is 346 g/mol. The molecule has 0 bridgehead atoms. The lowest BCUT2D eigenvalue weighted by molar-refractivity contribution is -0.108. The second kappa shape index (κ2) is 7.10. The van der Waals surface area contributed by atoms with Crippen LogP contribution in [0.5, 0.6) is 5.75 Å². The van der Waals surface area contributed by atoms with Gasteiger partial charge in [-0.1, -0.05) is 0 Å². The minimum Gasteiger partial charge on any atom is -0.493 e. The summed E-state index contributed by atoms with van der Waals surface area (Å²) in [5, 5.41) is 6.52. The van der Waals surface area contributed by atoms with Crippen LogP contribution in [0, 0.1) is 6.92 Å². The van der Waals surface area contributed by atoms with Crippen LogP contribution in [0.4, 0.5) is 0 Å². The zero-order valence-electron chi connectivity index (χ0n) is 14.3. The number of ether oxygens (including phenoxy) is 1. The third-order valence-electron chi connectivity index (χ3n) is 4.58. The minimum atomic E-state index is -0.351. The number of rotatable bonds is 5. The maximum absolute atomic E-state index is 12.7. The van der Waals surface area contributed by atoms with Gasteiger partial charge in [-0.25, -0.2) is 0 Å². The highest BCUT2D eigenvalue weighted by Crippen LogP contribution is 2.28. The van der Waals surface area contributed by atoms with Gasteiger partial charge in [0.05, 0.1) is 19.2 Å². The molecule has 3 N–H and O–H groups in total. The molecule has 25 heavy (non-hydrogen) atoms. The van der Waals surface area contributed by atoms with Crippen molar-refractivity contribution in [3.8, 4) is 5.75 Å². The molecule has 0 radical (unpaired) electrons. The predicted molar refractivity (Wildman–Crippen MR) is 93.3 cm³/mol. The fourth-order valence-corrected chi connectivity index (χ4v) is 3.29. The van der Waals surface area contributed by atoms with E-state index >= 15 is 0 Å². The first-order chi connectivity index (χ1) is 12.1.